The van der Waals surface area contributed by atoms with Gasteiger partial charge in [-0.25, -0.2) is 0 Å². The normalized spacial score (nSPS) is 26.9. The van der Waals surface area contributed by atoms with Gasteiger partial charge in [-0.1, -0.05) is 0 Å². The first-order valence-electron chi connectivity index (χ1n) is 6.78. The molecular formula is C14H28N2O2. The number of carbonyl (C=O) groups excluding carboxylic acids is 1. The molecule has 4 heteroatoms. The van der Waals surface area contributed by atoms with E-state index in [4.69, 9.17) is 5.73 Å². The summed E-state index contributed by atoms with van der Waals surface area (Å²) in [6, 6.07) is 0. The van der Waals surface area contributed by atoms with Gasteiger partial charge in [0.05, 0.1) is 11.0 Å². The van der Waals surface area contributed by atoms with E-state index < -0.39 is 16.6 Å². The maximum atomic E-state index is 12.6. The third-order valence-corrected chi connectivity index (χ3v) is 4.50. The zero-order valence-electron chi connectivity index (χ0n) is 12.4. The third-order valence-electron chi connectivity index (χ3n) is 4.50. The molecule has 1 saturated heterocycles. The Bertz CT molecular complexity index is 316. The van der Waals surface area contributed by atoms with Crippen LogP contribution in [-0.2, 0) is 4.79 Å². The van der Waals surface area contributed by atoms with Crippen LogP contribution >= 0.6 is 0 Å². The molecule has 0 bridgehead atoms. The highest BCUT2D eigenvalue weighted by atomic mass is 16.3. The molecular weight excluding hydrogens is 228 g/mol. The number of nitrogens with zero attached hydrogens (tertiary/aromatic N) is 1. The highest BCUT2D eigenvalue weighted by Gasteiger charge is 2.43. The van der Waals surface area contributed by atoms with E-state index in [1.54, 1.807) is 0 Å². The Morgan fingerprint density at radius 1 is 1.22 bits per heavy atom. The summed E-state index contributed by atoms with van der Waals surface area (Å²) in [4.78, 5) is 14.5. The van der Waals surface area contributed by atoms with Gasteiger partial charge in [-0.3, -0.25) is 4.79 Å². The van der Waals surface area contributed by atoms with Gasteiger partial charge in [0.1, 0.15) is 0 Å². The molecule has 0 aromatic carbocycles. The van der Waals surface area contributed by atoms with Gasteiger partial charge in [0.15, 0.2) is 0 Å². The van der Waals surface area contributed by atoms with Crippen LogP contribution in [0.5, 0.6) is 0 Å². The van der Waals surface area contributed by atoms with E-state index in [1.807, 2.05) is 39.5 Å². The highest BCUT2D eigenvalue weighted by Crippen LogP contribution is 2.32. The fourth-order valence-corrected chi connectivity index (χ4v) is 2.14. The second-order valence-electron chi connectivity index (χ2n) is 6.99. The summed E-state index contributed by atoms with van der Waals surface area (Å²) in [6.07, 6.45) is 2.24. The van der Waals surface area contributed by atoms with Crippen molar-refractivity contribution in [1.82, 2.24) is 4.90 Å². The SMILES string of the molecule is CC1(O)CCCN(C(=O)C(C)(C)C(C)(C)N)CC1. The summed E-state index contributed by atoms with van der Waals surface area (Å²) >= 11 is 0. The monoisotopic (exact) mass is 256 g/mol. The van der Waals surface area contributed by atoms with E-state index >= 15 is 0 Å². The molecule has 0 radical (unpaired) electrons. The molecule has 106 valence electrons. The van der Waals surface area contributed by atoms with Crippen LogP contribution in [0.3, 0.4) is 0 Å². The Balaban J connectivity index is 2.79. The number of nitrogens with two attached hydrogens (primary N) is 1. The minimum atomic E-state index is -0.641. The lowest BCUT2D eigenvalue weighted by atomic mass is 9.74. The minimum absolute atomic E-state index is 0.0905. The molecule has 1 unspecified atom stereocenters. The summed E-state index contributed by atoms with van der Waals surface area (Å²) in [5.74, 6) is 0.0905. The standard InChI is InChI=1S/C14H28N2O2/c1-12(2,13(3,4)15)11(17)16-9-6-7-14(5,18)8-10-16/h18H,6-10,15H2,1-5H3. The molecule has 1 aliphatic rings. The van der Waals surface area contributed by atoms with Crippen molar-refractivity contribution in [2.75, 3.05) is 13.1 Å². The number of carbonyl (C=O) groups is 1. The summed E-state index contributed by atoms with van der Waals surface area (Å²) in [7, 11) is 0. The topological polar surface area (TPSA) is 66.6 Å². The molecule has 1 aliphatic heterocycles. The Morgan fingerprint density at radius 2 is 1.78 bits per heavy atom. The zero-order valence-corrected chi connectivity index (χ0v) is 12.4. The van der Waals surface area contributed by atoms with Crippen molar-refractivity contribution in [2.24, 2.45) is 11.1 Å². The van der Waals surface area contributed by atoms with Crippen LogP contribution in [0.1, 0.15) is 53.9 Å². The van der Waals surface area contributed by atoms with Gasteiger partial charge in [0, 0.05) is 18.6 Å². The van der Waals surface area contributed by atoms with Crippen LogP contribution in [0.25, 0.3) is 0 Å². The number of aliphatic hydroxyl groups is 1. The van der Waals surface area contributed by atoms with Crippen molar-refractivity contribution in [2.45, 2.75) is 65.0 Å². The van der Waals surface area contributed by atoms with Crippen LogP contribution in [0.2, 0.25) is 0 Å². The first-order valence-corrected chi connectivity index (χ1v) is 6.78. The van der Waals surface area contributed by atoms with E-state index in [1.165, 1.54) is 0 Å². The quantitative estimate of drug-likeness (QED) is 0.787. The first-order chi connectivity index (χ1) is 7.97. The number of hydrogen-bond acceptors (Lipinski definition) is 3. The predicted molar refractivity (Wildman–Crippen MR) is 73.1 cm³/mol. The van der Waals surface area contributed by atoms with Crippen LogP contribution in [0, 0.1) is 5.41 Å². The number of amides is 1. The first kappa shape index (κ1) is 15.4. The van der Waals surface area contributed by atoms with Gasteiger partial charge in [0.25, 0.3) is 0 Å². The lowest BCUT2D eigenvalue weighted by molar-refractivity contribution is -0.143. The smallest absolute Gasteiger partial charge is 0.230 e. The molecule has 4 nitrogen and oxygen atoms in total. The molecule has 1 fully saturated rings. The van der Waals surface area contributed by atoms with Gasteiger partial charge in [-0.05, 0) is 53.9 Å². The summed E-state index contributed by atoms with van der Waals surface area (Å²) < 4.78 is 0. The lowest BCUT2D eigenvalue weighted by Gasteiger charge is -2.40. The van der Waals surface area contributed by atoms with Crippen molar-refractivity contribution in [3.8, 4) is 0 Å². The second-order valence-corrected chi connectivity index (χ2v) is 6.99. The Labute approximate surface area is 111 Å². The van der Waals surface area contributed by atoms with Gasteiger partial charge in [0.2, 0.25) is 5.91 Å². The van der Waals surface area contributed by atoms with Crippen LogP contribution in [0.15, 0.2) is 0 Å². The molecule has 0 aromatic rings. The maximum absolute atomic E-state index is 12.6. The van der Waals surface area contributed by atoms with Crippen molar-refractivity contribution >= 4 is 5.91 Å². The van der Waals surface area contributed by atoms with E-state index in [0.29, 0.717) is 19.5 Å². The molecule has 1 amide bonds. The number of likely N-dealkylation sites (tertiary alicyclic amines) is 1. The minimum Gasteiger partial charge on any atom is -0.390 e. The number of rotatable bonds is 2. The van der Waals surface area contributed by atoms with Crippen molar-refractivity contribution < 1.29 is 9.90 Å². The lowest BCUT2D eigenvalue weighted by Crippen LogP contribution is -2.56. The fraction of sp³-hybridized carbons (Fsp3) is 0.929. The maximum Gasteiger partial charge on any atom is 0.230 e. The molecule has 0 saturated carbocycles. The van der Waals surface area contributed by atoms with Crippen molar-refractivity contribution in [1.29, 1.82) is 0 Å². The predicted octanol–water partition coefficient (Wildman–Crippen LogP) is 1.51. The molecule has 1 heterocycles. The Morgan fingerprint density at radius 3 is 2.28 bits per heavy atom. The molecule has 3 N–H and O–H groups in total. The third kappa shape index (κ3) is 3.23. The van der Waals surface area contributed by atoms with Crippen molar-refractivity contribution in [3.05, 3.63) is 0 Å². The summed E-state index contributed by atoms with van der Waals surface area (Å²) in [6.45, 7) is 10.8. The van der Waals surface area contributed by atoms with Crippen molar-refractivity contribution in [3.63, 3.8) is 0 Å². The van der Waals surface area contributed by atoms with Gasteiger partial charge >= 0.3 is 0 Å². The largest absolute Gasteiger partial charge is 0.390 e. The summed E-state index contributed by atoms with van der Waals surface area (Å²) in [5.41, 5.74) is 4.32. The van der Waals surface area contributed by atoms with Crippen LogP contribution < -0.4 is 5.73 Å². The number of hydrogen-bond donors (Lipinski definition) is 2. The molecule has 0 spiro atoms. The van der Waals surface area contributed by atoms with Gasteiger partial charge in [-0.2, -0.15) is 0 Å². The molecule has 1 atom stereocenters. The molecule has 0 aromatic heterocycles. The average Bonchev–Trinajstić information content (AvgIpc) is 2.36. The molecule has 0 aliphatic carbocycles. The van der Waals surface area contributed by atoms with Gasteiger partial charge in [-0.15, -0.1) is 0 Å². The van der Waals surface area contributed by atoms with E-state index in [0.717, 1.165) is 12.8 Å². The van der Waals surface area contributed by atoms with Crippen LogP contribution in [0.4, 0.5) is 0 Å². The molecule has 1 rings (SSSR count). The highest BCUT2D eigenvalue weighted by molar-refractivity contribution is 5.83. The molecule has 18 heavy (non-hydrogen) atoms. The van der Waals surface area contributed by atoms with E-state index in [2.05, 4.69) is 0 Å². The van der Waals surface area contributed by atoms with E-state index in [-0.39, 0.29) is 5.91 Å². The fourth-order valence-electron chi connectivity index (χ4n) is 2.14. The average molecular weight is 256 g/mol. The zero-order chi connectivity index (χ0) is 14.2. The Kier molecular flexibility index (Phi) is 4.13. The van der Waals surface area contributed by atoms with E-state index in [9.17, 15) is 9.90 Å². The van der Waals surface area contributed by atoms with Gasteiger partial charge < -0.3 is 15.7 Å². The second kappa shape index (κ2) is 4.82. The summed E-state index contributed by atoms with van der Waals surface area (Å²) in [5, 5.41) is 10.1. The van der Waals surface area contributed by atoms with Crippen LogP contribution in [-0.4, -0.2) is 40.1 Å². The Hall–Kier alpha value is -0.610.